The number of nitrogens with one attached hydrogen (secondary N) is 1. The highest BCUT2D eigenvalue weighted by atomic mass is 16.3. The van der Waals surface area contributed by atoms with Gasteiger partial charge in [0, 0.05) is 12.1 Å². The number of furan rings is 1. The van der Waals surface area contributed by atoms with Crippen molar-refractivity contribution in [1.82, 2.24) is 10.2 Å². The molecular formula is C14H22N2O. The van der Waals surface area contributed by atoms with E-state index < -0.39 is 0 Å². The summed E-state index contributed by atoms with van der Waals surface area (Å²) in [6.45, 7) is 8.58. The summed E-state index contributed by atoms with van der Waals surface area (Å²) in [5, 5.41) is 3.35. The Kier molecular flexibility index (Phi) is 6.46. The molecule has 0 aliphatic rings. The summed E-state index contributed by atoms with van der Waals surface area (Å²) in [7, 11) is 0. The molecule has 0 radical (unpaired) electrons. The molecule has 0 aliphatic heterocycles. The van der Waals surface area contributed by atoms with Crippen LogP contribution in [0.1, 0.15) is 31.6 Å². The Labute approximate surface area is 104 Å². The second kappa shape index (κ2) is 7.94. The van der Waals surface area contributed by atoms with Gasteiger partial charge in [-0.05, 0) is 25.6 Å². The van der Waals surface area contributed by atoms with Gasteiger partial charge in [0.15, 0.2) is 0 Å². The molecular weight excluding hydrogens is 212 g/mol. The SMILES string of the molecule is C#CCN(CC)Cc1ccoc1CNCCC. The monoisotopic (exact) mass is 234 g/mol. The standard InChI is InChI=1S/C14H22N2O/c1-4-8-15-11-14-13(7-10-17-14)12-16(6-3)9-5-2/h2,7,10,15H,4,6,8-9,11-12H2,1,3H3. The van der Waals surface area contributed by atoms with Crippen LogP contribution in [0, 0.1) is 12.3 Å². The molecule has 17 heavy (non-hydrogen) atoms. The van der Waals surface area contributed by atoms with Gasteiger partial charge in [-0.3, -0.25) is 4.90 Å². The summed E-state index contributed by atoms with van der Waals surface area (Å²) in [5.74, 6) is 3.70. The van der Waals surface area contributed by atoms with E-state index in [2.05, 4.69) is 30.0 Å². The van der Waals surface area contributed by atoms with E-state index in [9.17, 15) is 0 Å². The molecule has 0 spiro atoms. The summed E-state index contributed by atoms with van der Waals surface area (Å²) in [5.41, 5.74) is 1.23. The highest BCUT2D eigenvalue weighted by molar-refractivity contribution is 5.17. The number of nitrogens with zero attached hydrogens (tertiary/aromatic N) is 1. The summed E-state index contributed by atoms with van der Waals surface area (Å²) < 4.78 is 5.49. The van der Waals surface area contributed by atoms with Gasteiger partial charge < -0.3 is 9.73 Å². The molecule has 0 saturated carbocycles. The molecule has 3 nitrogen and oxygen atoms in total. The third-order valence-electron chi connectivity index (χ3n) is 2.71. The second-order valence-electron chi connectivity index (χ2n) is 4.05. The lowest BCUT2D eigenvalue weighted by Crippen LogP contribution is -2.24. The maximum Gasteiger partial charge on any atom is 0.122 e. The summed E-state index contributed by atoms with van der Waals surface area (Å²) in [6.07, 6.45) is 8.23. The number of hydrogen-bond donors (Lipinski definition) is 1. The Bertz CT molecular complexity index is 351. The number of rotatable bonds is 8. The number of hydrogen-bond acceptors (Lipinski definition) is 3. The Balaban J connectivity index is 2.52. The van der Waals surface area contributed by atoms with Gasteiger partial charge in [0.25, 0.3) is 0 Å². The van der Waals surface area contributed by atoms with Crippen molar-refractivity contribution in [3.05, 3.63) is 23.7 Å². The van der Waals surface area contributed by atoms with Crippen LogP contribution in [0.2, 0.25) is 0 Å². The first-order valence-corrected chi connectivity index (χ1v) is 6.23. The van der Waals surface area contributed by atoms with Crippen LogP contribution in [-0.4, -0.2) is 24.5 Å². The average Bonchev–Trinajstić information content (AvgIpc) is 2.76. The van der Waals surface area contributed by atoms with Crippen LogP contribution in [0.5, 0.6) is 0 Å². The van der Waals surface area contributed by atoms with Crippen molar-refractivity contribution >= 4 is 0 Å². The third-order valence-corrected chi connectivity index (χ3v) is 2.71. The van der Waals surface area contributed by atoms with Crippen molar-refractivity contribution < 1.29 is 4.42 Å². The Morgan fingerprint density at radius 2 is 2.29 bits per heavy atom. The van der Waals surface area contributed by atoms with Gasteiger partial charge in [0.2, 0.25) is 0 Å². The lowest BCUT2D eigenvalue weighted by molar-refractivity contribution is 0.312. The molecule has 0 saturated heterocycles. The van der Waals surface area contributed by atoms with E-state index in [-0.39, 0.29) is 0 Å². The highest BCUT2D eigenvalue weighted by Gasteiger charge is 2.09. The fourth-order valence-corrected chi connectivity index (χ4v) is 1.69. The third kappa shape index (κ3) is 4.64. The van der Waals surface area contributed by atoms with Crippen molar-refractivity contribution in [2.45, 2.75) is 33.4 Å². The first-order valence-electron chi connectivity index (χ1n) is 6.23. The zero-order valence-electron chi connectivity index (χ0n) is 10.8. The summed E-state index contributed by atoms with van der Waals surface area (Å²) in [4.78, 5) is 2.22. The first kappa shape index (κ1) is 13.8. The zero-order valence-corrected chi connectivity index (χ0v) is 10.8. The molecule has 0 fully saturated rings. The molecule has 0 aliphatic carbocycles. The van der Waals surface area contributed by atoms with Gasteiger partial charge in [0.1, 0.15) is 5.76 Å². The van der Waals surface area contributed by atoms with Crippen molar-refractivity contribution in [3.63, 3.8) is 0 Å². The maximum absolute atomic E-state index is 5.49. The van der Waals surface area contributed by atoms with E-state index in [0.717, 1.165) is 38.4 Å². The lowest BCUT2D eigenvalue weighted by atomic mass is 10.2. The van der Waals surface area contributed by atoms with Gasteiger partial charge in [-0.15, -0.1) is 6.42 Å². The van der Waals surface area contributed by atoms with Crippen molar-refractivity contribution in [2.75, 3.05) is 19.6 Å². The minimum atomic E-state index is 0.684. The Morgan fingerprint density at radius 3 is 2.94 bits per heavy atom. The van der Waals surface area contributed by atoms with E-state index in [1.807, 2.05) is 6.07 Å². The van der Waals surface area contributed by atoms with Crippen molar-refractivity contribution in [3.8, 4) is 12.3 Å². The van der Waals surface area contributed by atoms with E-state index in [1.165, 1.54) is 5.56 Å². The van der Waals surface area contributed by atoms with Crippen LogP contribution < -0.4 is 5.32 Å². The quantitative estimate of drug-likeness (QED) is 0.552. The predicted molar refractivity (Wildman–Crippen MR) is 70.5 cm³/mol. The average molecular weight is 234 g/mol. The molecule has 1 aromatic heterocycles. The van der Waals surface area contributed by atoms with Gasteiger partial charge in [-0.2, -0.15) is 0 Å². The van der Waals surface area contributed by atoms with Gasteiger partial charge in [0.05, 0.1) is 19.4 Å². The van der Waals surface area contributed by atoms with Crippen molar-refractivity contribution in [1.29, 1.82) is 0 Å². The molecule has 1 heterocycles. The van der Waals surface area contributed by atoms with Crippen LogP contribution >= 0.6 is 0 Å². The van der Waals surface area contributed by atoms with Crippen LogP contribution in [0.25, 0.3) is 0 Å². The molecule has 3 heteroatoms. The van der Waals surface area contributed by atoms with Crippen LogP contribution in [0.15, 0.2) is 16.7 Å². The zero-order chi connectivity index (χ0) is 12.5. The molecule has 1 rings (SSSR count). The van der Waals surface area contributed by atoms with Gasteiger partial charge >= 0.3 is 0 Å². The smallest absolute Gasteiger partial charge is 0.122 e. The number of terminal acetylenes is 1. The predicted octanol–water partition coefficient (Wildman–Crippen LogP) is 2.23. The topological polar surface area (TPSA) is 28.4 Å². The molecule has 1 N–H and O–H groups in total. The molecule has 0 atom stereocenters. The van der Waals surface area contributed by atoms with Crippen LogP contribution in [-0.2, 0) is 13.1 Å². The molecule has 1 aromatic rings. The van der Waals surface area contributed by atoms with E-state index in [4.69, 9.17) is 10.8 Å². The molecule has 0 unspecified atom stereocenters. The minimum absolute atomic E-state index is 0.684. The van der Waals surface area contributed by atoms with Gasteiger partial charge in [-0.25, -0.2) is 0 Å². The summed E-state index contributed by atoms with van der Waals surface area (Å²) in [6, 6.07) is 2.03. The second-order valence-corrected chi connectivity index (χ2v) is 4.05. The molecule has 0 bridgehead atoms. The van der Waals surface area contributed by atoms with Crippen LogP contribution in [0.3, 0.4) is 0 Å². The summed E-state index contributed by atoms with van der Waals surface area (Å²) >= 11 is 0. The lowest BCUT2D eigenvalue weighted by Gasteiger charge is -2.17. The fourth-order valence-electron chi connectivity index (χ4n) is 1.69. The van der Waals surface area contributed by atoms with Crippen molar-refractivity contribution in [2.24, 2.45) is 0 Å². The Morgan fingerprint density at radius 1 is 1.47 bits per heavy atom. The van der Waals surface area contributed by atoms with E-state index in [1.54, 1.807) is 6.26 Å². The molecule has 0 amide bonds. The normalized spacial score (nSPS) is 10.7. The Hall–Kier alpha value is -1.24. The molecule has 0 aromatic carbocycles. The van der Waals surface area contributed by atoms with E-state index in [0.29, 0.717) is 6.54 Å². The molecule has 94 valence electrons. The van der Waals surface area contributed by atoms with Gasteiger partial charge in [-0.1, -0.05) is 19.8 Å². The minimum Gasteiger partial charge on any atom is -0.468 e. The fraction of sp³-hybridized carbons (Fsp3) is 0.571. The largest absolute Gasteiger partial charge is 0.468 e. The first-order chi connectivity index (χ1) is 8.31. The highest BCUT2D eigenvalue weighted by Crippen LogP contribution is 2.13. The van der Waals surface area contributed by atoms with E-state index >= 15 is 0 Å². The van der Waals surface area contributed by atoms with Crippen LogP contribution in [0.4, 0.5) is 0 Å². The maximum atomic E-state index is 5.49.